The molecule has 204 valence electrons. The van der Waals surface area contributed by atoms with Crippen molar-refractivity contribution in [3.05, 3.63) is 48.0 Å². The molecule has 2 aliphatic carbocycles. The molecule has 0 bridgehead atoms. The second kappa shape index (κ2) is 10.3. The molecule has 0 radical (unpaired) electrons. The van der Waals surface area contributed by atoms with E-state index in [1.165, 1.54) is 25.0 Å². The number of hydrogen-bond acceptors (Lipinski definition) is 4. The molecule has 1 heterocycles. The second-order valence-electron chi connectivity index (χ2n) is 12.1. The monoisotopic (exact) mass is 527 g/mol. The van der Waals surface area contributed by atoms with Gasteiger partial charge < -0.3 is 14.6 Å². The van der Waals surface area contributed by atoms with Crippen LogP contribution in [-0.2, 0) is 0 Å². The lowest BCUT2D eigenvalue weighted by molar-refractivity contribution is -0.274. The normalized spacial score (nSPS) is 22.1. The Morgan fingerprint density at radius 2 is 1.82 bits per heavy atom. The van der Waals surface area contributed by atoms with Crippen LogP contribution in [0.2, 0.25) is 0 Å². The number of anilines is 2. The minimum Gasteiger partial charge on any atom is -0.406 e. The van der Waals surface area contributed by atoms with E-state index in [4.69, 9.17) is 4.98 Å². The largest absolute Gasteiger partial charge is 0.573 e. The van der Waals surface area contributed by atoms with E-state index in [0.29, 0.717) is 35.5 Å². The molecule has 2 aromatic carbocycles. The van der Waals surface area contributed by atoms with Gasteiger partial charge in [0.1, 0.15) is 5.75 Å². The number of ether oxygens (including phenoxy) is 1. The Kier molecular flexibility index (Phi) is 7.18. The highest BCUT2D eigenvalue weighted by atomic mass is 19.4. The number of halogens is 3. The van der Waals surface area contributed by atoms with Crippen LogP contribution in [0.4, 0.5) is 24.8 Å². The smallest absolute Gasteiger partial charge is 0.406 e. The van der Waals surface area contributed by atoms with Gasteiger partial charge in [-0.3, -0.25) is 4.79 Å². The molecule has 0 unspecified atom stereocenters. The van der Waals surface area contributed by atoms with E-state index in [9.17, 15) is 18.0 Å². The molecule has 1 N–H and O–H groups in total. The number of imidazole rings is 1. The Morgan fingerprint density at radius 1 is 1.11 bits per heavy atom. The van der Waals surface area contributed by atoms with Crippen LogP contribution in [0, 0.1) is 17.3 Å². The third-order valence-electron chi connectivity index (χ3n) is 8.03. The maximum atomic E-state index is 13.2. The molecule has 5 rings (SSSR count). The number of hydrogen-bond donors (Lipinski definition) is 1. The van der Waals surface area contributed by atoms with Crippen molar-refractivity contribution in [1.29, 1.82) is 0 Å². The molecule has 2 aliphatic rings. The zero-order chi connectivity index (χ0) is 27.1. The number of alkyl halides is 3. The fourth-order valence-corrected chi connectivity index (χ4v) is 6.68. The number of Topliss-reactive ketones (excluding diaryl/α,β-unsaturated/α-hetero) is 1. The molecule has 1 aromatic heterocycles. The number of nitrogens with zero attached hydrogens (tertiary/aromatic N) is 2. The van der Waals surface area contributed by atoms with E-state index < -0.39 is 6.36 Å². The van der Waals surface area contributed by atoms with Gasteiger partial charge in [-0.15, -0.1) is 13.2 Å². The van der Waals surface area contributed by atoms with Crippen molar-refractivity contribution < 1.29 is 22.7 Å². The van der Waals surface area contributed by atoms with Crippen molar-refractivity contribution >= 4 is 28.5 Å². The number of fused-ring (bicyclic) bond motifs is 1. The first-order valence-corrected chi connectivity index (χ1v) is 13.6. The van der Waals surface area contributed by atoms with Crippen LogP contribution in [-0.4, -0.2) is 21.7 Å². The van der Waals surface area contributed by atoms with Crippen LogP contribution in [0.1, 0.15) is 88.5 Å². The maximum absolute atomic E-state index is 13.2. The lowest BCUT2D eigenvalue weighted by Crippen LogP contribution is -2.29. The van der Waals surface area contributed by atoms with Crippen molar-refractivity contribution in [1.82, 2.24) is 9.55 Å². The molecule has 2 fully saturated rings. The number of ketones is 1. The average molecular weight is 528 g/mol. The summed E-state index contributed by atoms with van der Waals surface area (Å²) >= 11 is 0. The second-order valence-corrected chi connectivity index (χ2v) is 12.1. The van der Waals surface area contributed by atoms with E-state index in [1.54, 1.807) is 12.1 Å². The summed E-state index contributed by atoms with van der Waals surface area (Å²) in [5.74, 6) is 1.54. The van der Waals surface area contributed by atoms with Gasteiger partial charge in [0.15, 0.2) is 5.78 Å². The molecule has 0 saturated heterocycles. The first-order valence-electron chi connectivity index (χ1n) is 13.6. The van der Waals surface area contributed by atoms with Crippen LogP contribution in [0.3, 0.4) is 0 Å². The van der Waals surface area contributed by atoms with Crippen molar-refractivity contribution in [2.75, 3.05) is 5.32 Å². The lowest BCUT2D eigenvalue weighted by Gasteiger charge is -2.40. The molecule has 3 aromatic rings. The van der Waals surface area contributed by atoms with Crippen molar-refractivity contribution in [2.24, 2.45) is 17.3 Å². The molecule has 5 nitrogen and oxygen atoms in total. The van der Waals surface area contributed by atoms with E-state index in [0.717, 1.165) is 43.1 Å². The summed E-state index contributed by atoms with van der Waals surface area (Å²) in [6.45, 7) is 6.85. The van der Waals surface area contributed by atoms with Gasteiger partial charge in [-0.1, -0.05) is 46.5 Å². The first kappa shape index (κ1) is 26.6. The SMILES string of the molecule is C[C@@H]1C[C@H](n2c(Nc3ccc(OC(F)(F)F)cc3)nc3ccc(C(=O)CC4CCCC4)cc32)CC(C)(C)C1. The number of benzene rings is 2. The molecular formula is C30H36F3N3O2. The van der Waals surface area contributed by atoms with E-state index >= 15 is 0 Å². The predicted octanol–water partition coefficient (Wildman–Crippen LogP) is 8.83. The van der Waals surface area contributed by atoms with E-state index in [-0.39, 0.29) is 23.0 Å². The standard InChI is InChI=1S/C30H36F3N3O2/c1-19-14-23(18-29(2,3)17-19)36-26-16-21(27(37)15-20-6-4-5-7-20)8-13-25(26)35-28(36)34-22-9-11-24(12-10-22)38-30(31,32)33/h8-13,16,19-20,23H,4-7,14-15,17-18H2,1-3H3,(H,34,35)/t19-,23+/m1/s1. The van der Waals surface area contributed by atoms with Gasteiger partial charge >= 0.3 is 6.36 Å². The van der Waals surface area contributed by atoms with E-state index in [2.05, 4.69) is 35.4 Å². The van der Waals surface area contributed by atoms with Crippen molar-refractivity contribution in [3.63, 3.8) is 0 Å². The average Bonchev–Trinajstić information content (AvgIpc) is 3.44. The Bertz CT molecular complexity index is 1290. The molecule has 0 aliphatic heterocycles. The minimum absolute atomic E-state index is 0.155. The van der Waals surface area contributed by atoms with Crippen LogP contribution in [0.5, 0.6) is 5.75 Å². The fourth-order valence-electron chi connectivity index (χ4n) is 6.68. The molecule has 2 saturated carbocycles. The topological polar surface area (TPSA) is 56.1 Å². The third kappa shape index (κ3) is 6.16. The van der Waals surface area contributed by atoms with Crippen molar-refractivity contribution in [3.8, 4) is 5.75 Å². The number of aromatic nitrogens is 2. The van der Waals surface area contributed by atoms with Gasteiger partial charge in [-0.25, -0.2) is 4.98 Å². The highest BCUT2D eigenvalue weighted by Gasteiger charge is 2.35. The minimum atomic E-state index is -4.74. The van der Waals surface area contributed by atoms with Crippen LogP contribution in [0.15, 0.2) is 42.5 Å². The molecular weight excluding hydrogens is 491 g/mol. The van der Waals surface area contributed by atoms with Crippen LogP contribution in [0.25, 0.3) is 11.0 Å². The maximum Gasteiger partial charge on any atom is 0.573 e. The molecule has 2 atom stereocenters. The molecule has 38 heavy (non-hydrogen) atoms. The number of nitrogens with one attached hydrogen (secondary N) is 1. The van der Waals surface area contributed by atoms with Gasteiger partial charge in [0, 0.05) is 23.7 Å². The van der Waals surface area contributed by atoms with Crippen LogP contribution < -0.4 is 10.1 Å². The van der Waals surface area contributed by atoms with Gasteiger partial charge in [-0.05, 0) is 79.0 Å². The zero-order valence-corrected chi connectivity index (χ0v) is 22.3. The first-order chi connectivity index (χ1) is 18.0. The zero-order valence-electron chi connectivity index (χ0n) is 22.3. The Labute approximate surface area is 221 Å². The van der Waals surface area contributed by atoms with E-state index in [1.807, 2.05) is 18.2 Å². The number of rotatable bonds is 7. The summed E-state index contributed by atoms with van der Waals surface area (Å²) in [6, 6.07) is 11.6. The van der Waals surface area contributed by atoms with Gasteiger partial charge in [0.25, 0.3) is 0 Å². The molecule has 0 amide bonds. The fraction of sp³-hybridized carbons (Fsp3) is 0.533. The predicted molar refractivity (Wildman–Crippen MR) is 143 cm³/mol. The summed E-state index contributed by atoms with van der Waals surface area (Å²) in [5.41, 5.74) is 3.18. The summed E-state index contributed by atoms with van der Waals surface area (Å²) in [7, 11) is 0. The van der Waals surface area contributed by atoms with Gasteiger partial charge in [0.05, 0.1) is 11.0 Å². The highest BCUT2D eigenvalue weighted by molar-refractivity contribution is 5.99. The Hall–Kier alpha value is -3.03. The lowest BCUT2D eigenvalue weighted by atomic mass is 9.70. The van der Waals surface area contributed by atoms with Gasteiger partial charge in [0.2, 0.25) is 5.95 Å². The summed E-state index contributed by atoms with van der Waals surface area (Å²) < 4.78 is 44.0. The number of carbonyl (C=O) groups excluding carboxylic acids is 1. The number of carbonyl (C=O) groups is 1. The molecule has 0 spiro atoms. The van der Waals surface area contributed by atoms with Gasteiger partial charge in [-0.2, -0.15) is 0 Å². The Morgan fingerprint density at radius 3 is 2.47 bits per heavy atom. The van der Waals surface area contributed by atoms with Crippen LogP contribution >= 0.6 is 0 Å². The Balaban J connectivity index is 1.50. The molecule has 8 heteroatoms. The highest BCUT2D eigenvalue weighted by Crippen LogP contribution is 2.46. The summed E-state index contributed by atoms with van der Waals surface area (Å²) in [5, 5.41) is 3.33. The summed E-state index contributed by atoms with van der Waals surface area (Å²) in [6.07, 6.45) is 3.62. The van der Waals surface area contributed by atoms with Crippen molar-refractivity contribution in [2.45, 2.75) is 84.5 Å². The summed E-state index contributed by atoms with van der Waals surface area (Å²) in [4.78, 5) is 18.0. The quantitative estimate of drug-likeness (QED) is 0.312. The third-order valence-corrected chi connectivity index (χ3v) is 8.03.